The van der Waals surface area contributed by atoms with Crippen molar-refractivity contribution in [1.82, 2.24) is 15.5 Å². The van der Waals surface area contributed by atoms with Crippen molar-refractivity contribution in [2.75, 3.05) is 5.32 Å². The fraction of sp³-hybridized carbons (Fsp3) is 0.0625. The summed E-state index contributed by atoms with van der Waals surface area (Å²) < 4.78 is 5.14. The topological polar surface area (TPSA) is 80.0 Å². The summed E-state index contributed by atoms with van der Waals surface area (Å²) >= 11 is 11.8. The van der Waals surface area contributed by atoms with E-state index in [0.29, 0.717) is 27.3 Å². The summed E-state index contributed by atoms with van der Waals surface area (Å²) in [4.78, 5) is 12.0. The minimum atomic E-state index is -0.333. The molecule has 0 saturated carbocycles. The van der Waals surface area contributed by atoms with Gasteiger partial charge in [0.15, 0.2) is 11.5 Å². The van der Waals surface area contributed by atoms with Crippen molar-refractivity contribution < 1.29 is 9.21 Å². The molecular weight excluding hydrogens is 351 g/mol. The first-order valence-corrected chi connectivity index (χ1v) is 7.74. The maximum absolute atomic E-state index is 12.0. The number of hydrogen-bond donors (Lipinski definition) is 2. The number of carbonyl (C=O) groups is 1. The fourth-order valence-electron chi connectivity index (χ4n) is 1.91. The standard InChI is InChI=1S/C16H12Cl2N4O2/c17-12-4-3-10(8-13(12)18)20-15-6-5-14(21-22-15)16(23)19-9-11-2-1-7-24-11/h1-8H,9H2,(H,19,23)(H,20,22). The Morgan fingerprint density at radius 2 is 1.96 bits per heavy atom. The molecular formula is C16H12Cl2N4O2. The number of hydrogen-bond acceptors (Lipinski definition) is 5. The normalized spacial score (nSPS) is 10.4. The van der Waals surface area contributed by atoms with Crippen LogP contribution in [0.4, 0.5) is 11.5 Å². The number of benzene rings is 1. The highest BCUT2D eigenvalue weighted by atomic mass is 35.5. The minimum Gasteiger partial charge on any atom is -0.467 e. The molecule has 122 valence electrons. The van der Waals surface area contributed by atoms with E-state index >= 15 is 0 Å². The quantitative estimate of drug-likeness (QED) is 0.715. The maximum atomic E-state index is 12.0. The van der Waals surface area contributed by atoms with Crippen molar-refractivity contribution in [3.8, 4) is 0 Å². The van der Waals surface area contributed by atoms with E-state index in [1.54, 1.807) is 48.7 Å². The van der Waals surface area contributed by atoms with Gasteiger partial charge < -0.3 is 15.1 Å². The van der Waals surface area contributed by atoms with Gasteiger partial charge in [0.25, 0.3) is 5.91 Å². The summed E-state index contributed by atoms with van der Waals surface area (Å²) in [6, 6.07) is 11.9. The summed E-state index contributed by atoms with van der Waals surface area (Å²) in [6.07, 6.45) is 1.55. The molecule has 2 heterocycles. The van der Waals surface area contributed by atoms with Crippen LogP contribution >= 0.6 is 23.2 Å². The lowest BCUT2D eigenvalue weighted by Crippen LogP contribution is -2.23. The molecule has 0 fully saturated rings. The molecule has 2 N–H and O–H groups in total. The number of nitrogens with one attached hydrogen (secondary N) is 2. The van der Waals surface area contributed by atoms with Crippen molar-refractivity contribution in [1.29, 1.82) is 0 Å². The van der Waals surface area contributed by atoms with Crippen molar-refractivity contribution >= 4 is 40.6 Å². The molecule has 2 aromatic heterocycles. The predicted octanol–water partition coefficient (Wildman–Crippen LogP) is 4.05. The smallest absolute Gasteiger partial charge is 0.272 e. The zero-order valence-corrected chi connectivity index (χ0v) is 13.8. The molecule has 8 heteroatoms. The second-order valence-electron chi connectivity index (χ2n) is 4.82. The third-order valence-electron chi connectivity index (χ3n) is 3.09. The lowest BCUT2D eigenvalue weighted by molar-refractivity contribution is 0.0942. The Labute approximate surface area is 147 Å². The molecule has 0 aliphatic carbocycles. The Bertz CT molecular complexity index is 836. The van der Waals surface area contributed by atoms with Crippen molar-refractivity contribution in [2.45, 2.75) is 6.54 Å². The van der Waals surface area contributed by atoms with Gasteiger partial charge in [-0.05, 0) is 42.5 Å². The second-order valence-corrected chi connectivity index (χ2v) is 5.63. The van der Waals surface area contributed by atoms with E-state index in [2.05, 4.69) is 20.8 Å². The Kier molecular flexibility index (Phi) is 4.98. The van der Waals surface area contributed by atoms with Crippen LogP contribution in [0.25, 0.3) is 0 Å². The summed E-state index contributed by atoms with van der Waals surface area (Å²) in [7, 11) is 0. The summed E-state index contributed by atoms with van der Waals surface area (Å²) in [6.45, 7) is 0.288. The highest BCUT2D eigenvalue weighted by Crippen LogP contribution is 2.26. The lowest BCUT2D eigenvalue weighted by Gasteiger charge is -2.07. The van der Waals surface area contributed by atoms with E-state index in [0.717, 1.165) is 0 Å². The van der Waals surface area contributed by atoms with Crippen LogP contribution in [-0.4, -0.2) is 16.1 Å². The number of halogens is 2. The molecule has 0 bridgehead atoms. The third-order valence-corrected chi connectivity index (χ3v) is 3.83. The van der Waals surface area contributed by atoms with Crippen LogP contribution in [0.5, 0.6) is 0 Å². The fourth-order valence-corrected chi connectivity index (χ4v) is 2.21. The van der Waals surface area contributed by atoms with E-state index in [1.165, 1.54) is 0 Å². The molecule has 0 saturated heterocycles. The maximum Gasteiger partial charge on any atom is 0.272 e. The zero-order valence-electron chi connectivity index (χ0n) is 12.3. The SMILES string of the molecule is O=C(NCc1ccco1)c1ccc(Nc2ccc(Cl)c(Cl)c2)nn1. The largest absolute Gasteiger partial charge is 0.467 e. The molecule has 3 aromatic rings. The van der Waals surface area contributed by atoms with E-state index in [1.807, 2.05) is 0 Å². The van der Waals surface area contributed by atoms with Crippen LogP contribution in [0.1, 0.15) is 16.2 Å². The Hall–Kier alpha value is -2.57. The first-order valence-electron chi connectivity index (χ1n) is 6.98. The monoisotopic (exact) mass is 362 g/mol. The second kappa shape index (κ2) is 7.33. The molecule has 0 aliphatic rings. The highest BCUT2D eigenvalue weighted by molar-refractivity contribution is 6.42. The number of anilines is 2. The molecule has 0 aliphatic heterocycles. The Morgan fingerprint density at radius 1 is 1.08 bits per heavy atom. The van der Waals surface area contributed by atoms with Crippen molar-refractivity contribution in [3.05, 3.63) is 70.2 Å². The first-order chi connectivity index (χ1) is 11.6. The van der Waals surface area contributed by atoms with Gasteiger partial charge in [-0.2, -0.15) is 0 Å². The van der Waals surface area contributed by atoms with Crippen LogP contribution in [0, 0.1) is 0 Å². The molecule has 3 rings (SSSR count). The van der Waals surface area contributed by atoms with Gasteiger partial charge in [0.2, 0.25) is 0 Å². The molecule has 0 radical (unpaired) electrons. The van der Waals surface area contributed by atoms with Gasteiger partial charge in [-0.25, -0.2) is 0 Å². The lowest BCUT2D eigenvalue weighted by atomic mass is 10.3. The minimum absolute atomic E-state index is 0.209. The first kappa shape index (κ1) is 16.3. The summed E-state index contributed by atoms with van der Waals surface area (Å²) in [5.41, 5.74) is 0.926. The zero-order chi connectivity index (χ0) is 16.9. The van der Waals surface area contributed by atoms with E-state index in [-0.39, 0.29) is 18.1 Å². The number of carbonyl (C=O) groups excluding carboxylic acids is 1. The summed E-state index contributed by atoms with van der Waals surface area (Å²) in [5, 5.41) is 14.5. The van der Waals surface area contributed by atoms with Crippen LogP contribution in [-0.2, 0) is 6.54 Å². The Balaban J connectivity index is 1.62. The Morgan fingerprint density at radius 3 is 2.62 bits per heavy atom. The summed E-state index contributed by atoms with van der Waals surface area (Å²) in [5.74, 6) is 0.810. The molecule has 1 amide bonds. The van der Waals surface area contributed by atoms with E-state index < -0.39 is 0 Å². The van der Waals surface area contributed by atoms with Gasteiger partial charge in [-0.3, -0.25) is 4.79 Å². The van der Waals surface area contributed by atoms with Gasteiger partial charge in [0.1, 0.15) is 5.76 Å². The number of nitrogens with zero attached hydrogens (tertiary/aromatic N) is 2. The van der Waals surface area contributed by atoms with E-state index in [9.17, 15) is 4.79 Å². The average Bonchev–Trinajstić information content (AvgIpc) is 3.10. The van der Waals surface area contributed by atoms with Crippen LogP contribution in [0.3, 0.4) is 0 Å². The molecule has 6 nitrogen and oxygen atoms in total. The van der Waals surface area contributed by atoms with Gasteiger partial charge in [0, 0.05) is 5.69 Å². The van der Waals surface area contributed by atoms with Gasteiger partial charge in [-0.1, -0.05) is 23.2 Å². The number of amides is 1. The van der Waals surface area contributed by atoms with Crippen molar-refractivity contribution in [3.63, 3.8) is 0 Å². The van der Waals surface area contributed by atoms with E-state index in [4.69, 9.17) is 27.6 Å². The van der Waals surface area contributed by atoms with Gasteiger partial charge >= 0.3 is 0 Å². The van der Waals surface area contributed by atoms with Gasteiger partial charge in [0.05, 0.1) is 22.9 Å². The van der Waals surface area contributed by atoms with Crippen molar-refractivity contribution in [2.24, 2.45) is 0 Å². The van der Waals surface area contributed by atoms with Gasteiger partial charge in [-0.15, -0.1) is 10.2 Å². The number of furan rings is 1. The third kappa shape index (κ3) is 4.04. The molecule has 0 atom stereocenters. The molecule has 1 aromatic carbocycles. The molecule has 0 spiro atoms. The molecule has 0 unspecified atom stereocenters. The molecule has 24 heavy (non-hydrogen) atoms. The highest BCUT2D eigenvalue weighted by Gasteiger charge is 2.09. The van der Waals surface area contributed by atoms with Crippen LogP contribution < -0.4 is 10.6 Å². The average molecular weight is 363 g/mol. The number of aromatic nitrogens is 2. The predicted molar refractivity (Wildman–Crippen MR) is 91.7 cm³/mol. The van der Waals surface area contributed by atoms with Crippen LogP contribution in [0.2, 0.25) is 10.0 Å². The van der Waals surface area contributed by atoms with Crippen LogP contribution in [0.15, 0.2) is 53.1 Å². The number of rotatable bonds is 5.